The molecule has 0 saturated heterocycles. The number of aryl methyl sites for hydroxylation is 1. The average molecular weight is 356 g/mol. The predicted octanol–water partition coefficient (Wildman–Crippen LogP) is 3.87. The second-order valence-electron chi connectivity index (χ2n) is 4.45. The van der Waals surface area contributed by atoms with Gasteiger partial charge in [-0.05, 0) is 65.4 Å². The fraction of sp³-hybridized carbons (Fsp3) is 0.286. The molecule has 0 amide bonds. The molecule has 0 aliphatic rings. The van der Waals surface area contributed by atoms with Crippen molar-refractivity contribution in [3.63, 3.8) is 0 Å². The van der Waals surface area contributed by atoms with Crippen LogP contribution < -0.4 is 10.2 Å². The molecule has 1 aromatic carbocycles. The summed E-state index contributed by atoms with van der Waals surface area (Å²) in [5, 5.41) is 3.39. The molecule has 2 aromatic rings. The molecule has 0 fully saturated rings. The summed E-state index contributed by atoms with van der Waals surface area (Å²) in [7, 11) is 4.10. The lowest BCUT2D eigenvalue weighted by Crippen LogP contribution is -2.09. The Morgan fingerprint density at radius 2 is 2.00 bits per heavy atom. The van der Waals surface area contributed by atoms with E-state index in [4.69, 9.17) is 4.42 Å². The van der Waals surface area contributed by atoms with Gasteiger partial charge < -0.3 is 14.6 Å². The molecule has 0 bridgehead atoms. The topological polar surface area (TPSA) is 28.4 Å². The van der Waals surface area contributed by atoms with Crippen LogP contribution in [0.1, 0.15) is 11.3 Å². The van der Waals surface area contributed by atoms with Gasteiger partial charge in [0.15, 0.2) is 3.77 Å². The largest absolute Gasteiger partial charge is 0.454 e. The van der Waals surface area contributed by atoms with E-state index in [9.17, 15) is 0 Å². The minimum absolute atomic E-state index is 0.713. The summed E-state index contributed by atoms with van der Waals surface area (Å²) in [5.74, 6) is 0.954. The molecular weight excluding hydrogens is 339 g/mol. The number of halogens is 1. The normalized spacial score (nSPS) is 10.4. The number of hydrogen-bond donors (Lipinski definition) is 1. The molecule has 0 spiro atoms. The molecule has 0 atom stereocenters. The summed E-state index contributed by atoms with van der Waals surface area (Å²) in [5.41, 5.74) is 3.60. The SMILES string of the molecule is Cc1cc(N(C)C)ccc1NCc1ccc(I)o1. The molecule has 3 nitrogen and oxygen atoms in total. The van der Waals surface area contributed by atoms with Crippen LogP contribution in [0.2, 0.25) is 0 Å². The van der Waals surface area contributed by atoms with Gasteiger partial charge in [0.05, 0.1) is 6.54 Å². The van der Waals surface area contributed by atoms with Crippen LogP contribution in [0.3, 0.4) is 0 Å². The van der Waals surface area contributed by atoms with Gasteiger partial charge in [-0.2, -0.15) is 0 Å². The molecule has 96 valence electrons. The first-order valence-electron chi connectivity index (χ1n) is 5.82. The zero-order valence-electron chi connectivity index (χ0n) is 10.8. The highest BCUT2D eigenvalue weighted by Gasteiger charge is 2.03. The van der Waals surface area contributed by atoms with E-state index in [-0.39, 0.29) is 0 Å². The van der Waals surface area contributed by atoms with Crippen molar-refractivity contribution in [2.24, 2.45) is 0 Å². The number of anilines is 2. The summed E-state index contributed by atoms with van der Waals surface area (Å²) < 4.78 is 6.44. The van der Waals surface area contributed by atoms with Crippen LogP contribution in [0, 0.1) is 10.7 Å². The third-order valence-electron chi connectivity index (χ3n) is 2.81. The quantitative estimate of drug-likeness (QED) is 0.843. The molecule has 1 N–H and O–H groups in total. The molecule has 0 saturated carbocycles. The molecule has 0 aliphatic carbocycles. The number of hydrogen-bond acceptors (Lipinski definition) is 3. The number of nitrogens with one attached hydrogen (secondary N) is 1. The monoisotopic (exact) mass is 356 g/mol. The summed E-state index contributed by atoms with van der Waals surface area (Å²) in [6.07, 6.45) is 0. The van der Waals surface area contributed by atoms with Gasteiger partial charge in [0.1, 0.15) is 5.76 Å². The van der Waals surface area contributed by atoms with E-state index in [1.807, 2.05) is 26.2 Å². The van der Waals surface area contributed by atoms with Crippen LogP contribution in [0.15, 0.2) is 34.7 Å². The lowest BCUT2D eigenvalue weighted by molar-refractivity contribution is 0.493. The Kier molecular flexibility index (Phi) is 4.16. The van der Waals surface area contributed by atoms with E-state index in [2.05, 4.69) is 57.9 Å². The predicted molar refractivity (Wildman–Crippen MR) is 84.3 cm³/mol. The summed E-state index contributed by atoms with van der Waals surface area (Å²) in [6.45, 7) is 2.83. The van der Waals surface area contributed by atoms with Crippen molar-refractivity contribution in [2.45, 2.75) is 13.5 Å². The average Bonchev–Trinajstić information content (AvgIpc) is 2.73. The van der Waals surface area contributed by atoms with Crippen LogP contribution in [0.4, 0.5) is 11.4 Å². The molecule has 1 aromatic heterocycles. The molecule has 0 aliphatic heterocycles. The zero-order valence-corrected chi connectivity index (χ0v) is 13.0. The van der Waals surface area contributed by atoms with Crippen LogP contribution >= 0.6 is 22.6 Å². The first-order valence-corrected chi connectivity index (χ1v) is 6.90. The highest BCUT2D eigenvalue weighted by atomic mass is 127. The van der Waals surface area contributed by atoms with Crippen LogP contribution in [0.5, 0.6) is 0 Å². The Bertz CT molecular complexity index is 534. The Hall–Kier alpha value is -1.17. The third kappa shape index (κ3) is 3.19. The van der Waals surface area contributed by atoms with Gasteiger partial charge in [-0.15, -0.1) is 0 Å². The van der Waals surface area contributed by atoms with Crippen molar-refractivity contribution in [3.8, 4) is 0 Å². The van der Waals surface area contributed by atoms with E-state index in [1.54, 1.807) is 0 Å². The second-order valence-corrected chi connectivity index (χ2v) is 5.52. The first kappa shape index (κ1) is 13.3. The van der Waals surface area contributed by atoms with Gasteiger partial charge in [-0.1, -0.05) is 0 Å². The number of nitrogens with zero attached hydrogens (tertiary/aromatic N) is 1. The van der Waals surface area contributed by atoms with E-state index in [1.165, 1.54) is 11.3 Å². The van der Waals surface area contributed by atoms with Crippen molar-refractivity contribution in [3.05, 3.63) is 45.4 Å². The molecular formula is C14H17IN2O. The molecule has 4 heteroatoms. The van der Waals surface area contributed by atoms with Crippen molar-refractivity contribution in [2.75, 3.05) is 24.3 Å². The van der Waals surface area contributed by atoms with Gasteiger partial charge in [-0.3, -0.25) is 0 Å². The number of rotatable bonds is 4. The second kappa shape index (κ2) is 5.65. The van der Waals surface area contributed by atoms with E-state index < -0.39 is 0 Å². The minimum atomic E-state index is 0.713. The lowest BCUT2D eigenvalue weighted by atomic mass is 10.1. The van der Waals surface area contributed by atoms with Crippen LogP contribution in [-0.4, -0.2) is 14.1 Å². The Balaban J connectivity index is 2.05. The summed E-state index contributed by atoms with van der Waals surface area (Å²) >= 11 is 2.17. The highest BCUT2D eigenvalue weighted by molar-refractivity contribution is 14.1. The summed E-state index contributed by atoms with van der Waals surface area (Å²) in [6, 6.07) is 10.4. The highest BCUT2D eigenvalue weighted by Crippen LogP contribution is 2.22. The van der Waals surface area contributed by atoms with Gasteiger partial charge >= 0.3 is 0 Å². The van der Waals surface area contributed by atoms with Crippen LogP contribution in [-0.2, 0) is 6.54 Å². The zero-order chi connectivity index (χ0) is 13.1. The van der Waals surface area contributed by atoms with Crippen LogP contribution in [0.25, 0.3) is 0 Å². The Labute approximate surface area is 121 Å². The fourth-order valence-corrected chi connectivity index (χ4v) is 2.22. The van der Waals surface area contributed by atoms with Crippen molar-refractivity contribution < 1.29 is 4.42 Å². The molecule has 0 unspecified atom stereocenters. The van der Waals surface area contributed by atoms with E-state index in [0.717, 1.165) is 15.2 Å². The molecule has 2 rings (SSSR count). The smallest absolute Gasteiger partial charge is 0.164 e. The maximum Gasteiger partial charge on any atom is 0.164 e. The fourth-order valence-electron chi connectivity index (χ4n) is 1.75. The Morgan fingerprint density at radius 1 is 1.22 bits per heavy atom. The molecule has 1 heterocycles. The summed E-state index contributed by atoms with van der Waals surface area (Å²) in [4.78, 5) is 2.10. The first-order chi connectivity index (χ1) is 8.56. The number of benzene rings is 1. The van der Waals surface area contributed by atoms with Gasteiger partial charge in [0.2, 0.25) is 0 Å². The number of furan rings is 1. The molecule has 0 radical (unpaired) electrons. The maximum atomic E-state index is 5.52. The van der Waals surface area contributed by atoms with E-state index in [0.29, 0.717) is 6.54 Å². The van der Waals surface area contributed by atoms with Gasteiger partial charge in [-0.25, -0.2) is 0 Å². The minimum Gasteiger partial charge on any atom is -0.454 e. The van der Waals surface area contributed by atoms with Gasteiger partial charge in [0.25, 0.3) is 0 Å². The third-order valence-corrected chi connectivity index (χ3v) is 3.39. The Morgan fingerprint density at radius 3 is 2.56 bits per heavy atom. The van der Waals surface area contributed by atoms with Gasteiger partial charge in [0, 0.05) is 25.5 Å². The van der Waals surface area contributed by atoms with E-state index >= 15 is 0 Å². The molecule has 18 heavy (non-hydrogen) atoms. The standard InChI is InChI=1S/C14H17IN2O/c1-10-8-11(17(2)3)4-6-13(10)16-9-12-5-7-14(15)18-12/h4-8,16H,9H2,1-3H3. The maximum absolute atomic E-state index is 5.52. The lowest BCUT2D eigenvalue weighted by Gasteiger charge is -2.15. The van der Waals surface area contributed by atoms with Crippen molar-refractivity contribution in [1.82, 2.24) is 0 Å². The van der Waals surface area contributed by atoms with Crippen molar-refractivity contribution >= 4 is 34.0 Å². The van der Waals surface area contributed by atoms with Crippen molar-refractivity contribution in [1.29, 1.82) is 0 Å².